The molecule has 56 valence electrons. The number of hydrogen-bond acceptors (Lipinski definition) is 1. The molecule has 2 aromatic rings. The molecule has 0 saturated heterocycles. The number of nitrogens with zero attached hydrogens (tertiary/aromatic N) is 1. The van der Waals surface area contributed by atoms with Gasteiger partial charge in [0.05, 0.1) is 13.7 Å². The van der Waals surface area contributed by atoms with E-state index in [9.17, 15) is 0 Å². The number of aromatic amines is 1. The summed E-state index contributed by atoms with van der Waals surface area (Å²) in [5.41, 5.74) is 1.12. The summed E-state index contributed by atoms with van der Waals surface area (Å²) in [6, 6.07) is 2.06. The van der Waals surface area contributed by atoms with E-state index in [-0.39, 0.29) is 0 Å². The first-order valence-electron chi connectivity index (χ1n) is 3.05. The topological polar surface area (TPSA) is 28.7 Å². The lowest BCUT2D eigenvalue weighted by Crippen LogP contribution is -1.73. The molecule has 0 fully saturated rings. The molecule has 2 nitrogen and oxygen atoms in total. The molecule has 0 spiro atoms. The van der Waals surface area contributed by atoms with Crippen LogP contribution in [0.25, 0.3) is 10.9 Å². The number of halogens is 2. The second kappa shape index (κ2) is 2.75. The van der Waals surface area contributed by atoms with Crippen molar-refractivity contribution in [3.05, 3.63) is 26.6 Å². The third-order valence-corrected chi connectivity index (χ3v) is 2.64. The van der Waals surface area contributed by atoms with Crippen molar-refractivity contribution in [1.29, 1.82) is 0 Å². The molecule has 2 heterocycles. The first kappa shape index (κ1) is 7.54. The molecule has 0 saturated carbocycles. The first-order valence-corrected chi connectivity index (χ1v) is 4.92. The Labute approximate surface area is 85.7 Å². The number of H-pyrrole nitrogens is 1. The van der Waals surface area contributed by atoms with Gasteiger partial charge in [0.25, 0.3) is 0 Å². The maximum absolute atomic E-state index is 4.06. The van der Waals surface area contributed by atoms with Gasteiger partial charge in [-0.2, -0.15) is 0 Å². The average molecular weight is 323 g/mol. The molecule has 0 bridgehead atoms. The minimum Gasteiger partial charge on any atom is -0.349 e. The average Bonchev–Trinajstić information content (AvgIpc) is 2.31. The molecule has 0 aliphatic rings. The third-order valence-electron chi connectivity index (χ3n) is 1.46. The predicted molar refractivity (Wildman–Crippen MR) is 56.5 cm³/mol. The molecule has 0 aliphatic heterocycles. The van der Waals surface area contributed by atoms with Gasteiger partial charge >= 0.3 is 0 Å². The van der Waals surface area contributed by atoms with Crippen molar-refractivity contribution in [2.45, 2.75) is 0 Å². The van der Waals surface area contributed by atoms with Crippen molar-refractivity contribution in [3.63, 3.8) is 0 Å². The minimum atomic E-state index is 1.01. The summed E-state index contributed by atoms with van der Waals surface area (Å²) < 4.78 is 2.14. The predicted octanol–water partition coefficient (Wildman–Crippen LogP) is 2.93. The number of rotatable bonds is 0. The van der Waals surface area contributed by atoms with Gasteiger partial charge in [0, 0.05) is 17.8 Å². The summed E-state index contributed by atoms with van der Waals surface area (Å²) in [6.45, 7) is 0. The van der Waals surface area contributed by atoms with Gasteiger partial charge in [0.2, 0.25) is 0 Å². The fourth-order valence-corrected chi connectivity index (χ4v) is 2.03. The van der Waals surface area contributed by atoms with Gasteiger partial charge in [-0.05, 0) is 44.6 Å². The van der Waals surface area contributed by atoms with Crippen LogP contribution in [0.5, 0.6) is 0 Å². The molecule has 0 aromatic carbocycles. The van der Waals surface area contributed by atoms with Crippen molar-refractivity contribution >= 4 is 49.4 Å². The second-order valence-corrected chi connectivity index (χ2v) is 4.22. The van der Waals surface area contributed by atoms with Crippen LogP contribution in [0.2, 0.25) is 0 Å². The van der Waals surface area contributed by atoms with Crippen LogP contribution in [0.4, 0.5) is 0 Å². The molecule has 0 atom stereocenters. The molecule has 11 heavy (non-hydrogen) atoms. The molecule has 4 heteroatoms. The highest BCUT2D eigenvalue weighted by Gasteiger charge is 2.00. The van der Waals surface area contributed by atoms with Crippen molar-refractivity contribution in [3.8, 4) is 0 Å². The molecular weight excluding hydrogens is 319 g/mol. The van der Waals surface area contributed by atoms with Crippen molar-refractivity contribution in [2.75, 3.05) is 0 Å². The van der Waals surface area contributed by atoms with Crippen LogP contribution in [0.1, 0.15) is 0 Å². The maximum Gasteiger partial charge on any atom is 0.0783 e. The number of fused-ring (bicyclic) bond motifs is 1. The monoisotopic (exact) mass is 322 g/mol. The van der Waals surface area contributed by atoms with E-state index in [1.807, 2.05) is 6.20 Å². The van der Waals surface area contributed by atoms with E-state index in [0.29, 0.717) is 0 Å². The summed E-state index contributed by atoms with van der Waals surface area (Å²) >= 11 is 5.66. The minimum absolute atomic E-state index is 1.01. The molecule has 0 amide bonds. The summed E-state index contributed by atoms with van der Waals surface area (Å²) in [6.07, 6.45) is 3.63. The Kier molecular flexibility index (Phi) is 1.88. The number of nitrogens with one attached hydrogen (secondary N) is 1. The zero-order chi connectivity index (χ0) is 7.84. The quantitative estimate of drug-likeness (QED) is 0.742. The molecular formula is C7H4BrIN2. The van der Waals surface area contributed by atoms with Gasteiger partial charge in [-0.3, -0.25) is 4.98 Å². The van der Waals surface area contributed by atoms with E-state index in [1.165, 1.54) is 0 Å². The van der Waals surface area contributed by atoms with Crippen LogP contribution >= 0.6 is 38.5 Å². The molecule has 2 rings (SSSR count). The molecule has 1 N–H and O–H groups in total. The van der Waals surface area contributed by atoms with Crippen LogP contribution in [-0.2, 0) is 0 Å². The summed E-state index contributed by atoms with van der Waals surface area (Å²) in [5, 5.41) is 1.14. The zero-order valence-corrected chi connectivity index (χ0v) is 9.18. The summed E-state index contributed by atoms with van der Waals surface area (Å²) in [5.74, 6) is 0. The fourth-order valence-electron chi connectivity index (χ4n) is 0.983. The second-order valence-electron chi connectivity index (χ2n) is 2.20. The summed E-state index contributed by atoms with van der Waals surface area (Å²) in [4.78, 5) is 7.28. The number of aromatic nitrogens is 2. The zero-order valence-electron chi connectivity index (χ0n) is 5.44. The Bertz CT molecular complexity index is 396. The van der Waals surface area contributed by atoms with Crippen molar-refractivity contribution in [1.82, 2.24) is 9.97 Å². The lowest BCUT2D eigenvalue weighted by molar-refractivity contribution is 1.33. The van der Waals surface area contributed by atoms with E-state index in [2.05, 4.69) is 54.6 Å². The maximum atomic E-state index is 4.06. The first-order chi connectivity index (χ1) is 5.27. The molecule has 2 aromatic heterocycles. The number of hydrogen-bond donors (Lipinski definition) is 1. The number of pyridine rings is 1. The normalized spacial score (nSPS) is 10.7. The molecule has 0 unspecified atom stereocenters. The summed E-state index contributed by atoms with van der Waals surface area (Å²) in [7, 11) is 0. The van der Waals surface area contributed by atoms with Crippen molar-refractivity contribution in [2.24, 2.45) is 0 Å². The van der Waals surface area contributed by atoms with Crippen LogP contribution in [0, 0.1) is 3.70 Å². The van der Waals surface area contributed by atoms with Gasteiger partial charge in [0.15, 0.2) is 0 Å². The molecule has 0 aliphatic carbocycles. The highest BCUT2D eigenvalue weighted by Crippen LogP contribution is 2.22. The van der Waals surface area contributed by atoms with E-state index >= 15 is 0 Å². The fraction of sp³-hybridized carbons (Fsp3) is 0. The standard InChI is InChI=1S/C7H4BrIN2/c8-5-3-10-2-4-1-6(9)11-7(4)5/h1-3,11H. The highest BCUT2D eigenvalue weighted by molar-refractivity contribution is 14.1. The van der Waals surface area contributed by atoms with Gasteiger partial charge < -0.3 is 4.98 Å². The van der Waals surface area contributed by atoms with E-state index < -0.39 is 0 Å². The molecule has 0 radical (unpaired) electrons. The smallest absolute Gasteiger partial charge is 0.0783 e. The van der Waals surface area contributed by atoms with Crippen LogP contribution in [0.3, 0.4) is 0 Å². The van der Waals surface area contributed by atoms with Gasteiger partial charge in [-0.15, -0.1) is 0 Å². The van der Waals surface area contributed by atoms with Gasteiger partial charge in [0.1, 0.15) is 0 Å². The largest absolute Gasteiger partial charge is 0.349 e. The highest BCUT2D eigenvalue weighted by atomic mass is 127. The van der Waals surface area contributed by atoms with Gasteiger partial charge in [-0.25, -0.2) is 0 Å². The van der Waals surface area contributed by atoms with Gasteiger partial charge in [-0.1, -0.05) is 0 Å². The Morgan fingerprint density at radius 2 is 2.27 bits per heavy atom. The van der Waals surface area contributed by atoms with Crippen molar-refractivity contribution < 1.29 is 0 Å². The Morgan fingerprint density at radius 1 is 1.45 bits per heavy atom. The van der Waals surface area contributed by atoms with Crippen LogP contribution in [0.15, 0.2) is 22.9 Å². The Morgan fingerprint density at radius 3 is 3.00 bits per heavy atom. The third kappa shape index (κ3) is 1.29. The van der Waals surface area contributed by atoms with E-state index in [4.69, 9.17) is 0 Å². The lowest BCUT2D eigenvalue weighted by Gasteiger charge is -1.90. The Balaban J connectivity index is 2.90. The lowest BCUT2D eigenvalue weighted by atomic mass is 10.3. The van der Waals surface area contributed by atoms with Crippen LogP contribution in [-0.4, -0.2) is 9.97 Å². The van der Waals surface area contributed by atoms with E-state index in [0.717, 1.165) is 19.1 Å². The van der Waals surface area contributed by atoms with E-state index in [1.54, 1.807) is 6.20 Å². The van der Waals surface area contributed by atoms with Crippen LogP contribution < -0.4 is 0 Å². The Hall–Kier alpha value is -0.100. The SMILES string of the molecule is Brc1cncc2cc(I)[nH]c12.